The first-order chi connectivity index (χ1) is 25.2. The van der Waals surface area contributed by atoms with Gasteiger partial charge in [0.2, 0.25) is 0 Å². The maximum absolute atomic E-state index is 13.0. The summed E-state index contributed by atoms with van der Waals surface area (Å²) >= 11 is 0. The van der Waals surface area contributed by atoms with Crippen LogP contribution in [-0.2, 0) is 23.7 Å². The molecule has 8 N–H and O–H groups in total. The Morgan fingerprint density at radius 1 is 0.796 bits per heavy atom. The monoisotopic (exact) mass is 766 g/mol. The van der Waals surface area contributed by atoms with Crippen molar-refractivity contribution in [1.29, 1.82) is 0 Å². The van der Waals surface area contributed by atoms with Gasteiger partial charge in [-0.25, -0.2) is 0 Å². The molecular weight excluding hydrogens is 700 g/mol. The van der Waals surface area contributed by atoms with E-state index in [0.717, 1.165) is 51.4 Å². The van der Waals surface area contributed by atoms with Gasteiger partial charge in [0.25, 0.3) is 0 Å². The van der Waals surface area contributed by atoms with Crippen molar-refractivity contribution in [2.75, 3.05) is 19.8 Å². The minimum atomic E-state index is -1.68. The second-order valence-electron chi connectivity index (χ2n) is 20.1. The second kappa shape index (κ2) is 14.0. The number of ether oxygens (including phenoxy) is 4. The van der Waals surface area contributed by atoms with Gasteiger partial charge in [-0.1, -0.05) is 53.2 Å². The first-order valence-corrected chi connectivity index (χ1v) is 20.4. The standard InChI is InChI=1S/C41H66O13/c1-36(2)13-15-41(35(49)50)16-14-39(5)21(22(41)17-36)7-8-26-37(3)11-10-27(38(4,20-43)25(37)9-12-40(26,39)6)54-33-31(47)29(45)24(19-51-33)53-34-32(48)30(46)28(44)23(18-42)52-34/h7,22-34,42-48H,8-20H2,1-6H3,(H,49,50)/t22?,23-,24+,25?,26?,27+,28-,29+,30+,31-,32-,33+,34+,37+,38+,39-,40-,41+/m1/s1. The first kappa shape index (κ1) is 40.9. The number of carbonyl (C=O) groups is 1. The average Bonchev–Trinajstić information content (AvgIpc) is 3.12. The van der Waals surface area contributed by atoms with Crippen molar-refractivity contribution in [3.8, 4) is 0 Å². The van der Waals surface area contributed by atoms with Crippen LogP contribution in [0.1, 0.15) is 106 Å². The highest BCUT2D eigenvalue weighted by molar-refractivity contribution is 5.76. The number of aliphatic hydroxyl groups excluding tert-OH is 7. The molecule has 7 aliphatic rings. The predicted octanol–water partition coefficient (Wildman–Crippen LogP) is 2.49. The molecule has 0 radical (unpaired) electrons. The Balaban J connectivity index is 1.08. The van der Waals surface area contributed by atoms with Crippen molar-refractivity contribution in [1.82, 2.24) is 0 Å². The van der Waals surface area contributed by atoms with E-state index in [0.29, 0.717) is 18.8 Å². The molecule has 0 spiro atoms. The Morgan fingerprint density at radius 2 is 1.48 bits per heavy atom. The molecule has 7 rings (SSSR count). The van der Waals surface area contributed by atoms with Gasteiger partial charge in [-0.15, -0.1) is 0 Å². The summed E-state index contributed by atoms with van der Waals surface area (Å²) in [5.41, 5.74) is -0.234. The zero-order valence-corrected chi connectivity index (χ0v) is 32.9. The topological polar surface area (TPSA) is 216 Å². The van der Waals surface area contributed by atoms with Gasteiger partial charge in [0.1, 0.15) is 42.7 Å². The third kappa shape index (κ3) is 5.92. The third-order valence-electron chi connectivity index (χ3n) is 17.0. The molecule has 0 amide bonds. The van der Waals surface area contributed by atoms with Crippen molar-refractivity contribution >= 4 is 5.97 Å². The lowest BCUT2D eigenvalue weighted by molar-refractivity contribution is -0.352. The molecule has 0 aromatic carbocycles. The van der Waals surface area contributed by atoms with Crippen LogP contribution in [0.15, 0.2) is 11.6 Å². The van der Waals surface area contributed by atoms with Crippen molar-refractivity contribution in [3.05, 3.63) is 11.6 Å². The molecule has 3 unspecified atom stereocenters. The molecule has 2 saturated heterocycles. The van der Waals surface area contributed by atoms with Gasteiger partial charge in [0.15, 0.2) is 12.6 Å². The van der Waals surface area contributed by atoms with Gasteiger partial charge in [0.05, 0.1) is 31.3 Å². The molecule has 2 aliphatic heterocycles. The summed E-state index contributed by atoms with van der Waals surface area (Å²) in [5.74, 6) is -0.194. The Labute approximate surface area is 319 Å². The molecule has 13 nitrogen and oxygen atoms in total. The molecule has 18 atom stereocenters. The van der Waals surface area contributed by atoms with Crippen LogP contribution in [0.3, 0.4) is 0 Å². The Kier molecular flexibility index (Phi) is 10.6. The van der Waals surface area contributed by atoms with Crippen LogP contribution in [0.5, 0.6) is 0 Å². The molecule has 4 saturated carbocycles. The minimum Gasteiger partial charge on any atom is -0.481 e. The van der Waals surface area contributed by atoms with Crippen molar-refractivity contribution < 1.29 is 64.6 Å². The smallest absolute Gasteiger partial charge is 0.310 e. The van der Waals surface area contributed by atoms with Gasteiger partial charge < -0.3 is 59.8 Å². The Bertz CT molecular complexity index is 1450. The lowest BCUT2D eigenvalue weighted by Crippen LogP contribution is -2.67. The molecule has 0 aromatic heterocycles. The van der Waals surface area contributed by atoms with E-state index in [1.54, 1.807) is 0 Å². The summed E-state index contributed by atoms with van der Waals surface area (Å²) < 4.78 is 23.6. The van der Waals surface area contributed by atoms with Gasteiger partial charge in [0, 0.05) is 5.41 Å². The fourth-order valence-electron chi connectivity index (χ4n) is 13.4. The number of allylic oxidation sites excluding steroid dienone is 2. The van der Waals surface area contributed by atoms with Gasteiger partial charge in [-0.05, 0) is 104 Å². The van der Waals surface area contributed by atoms with E-state index >= 15 is 0 Å². The zero-order chi connectivity index (χ0) is 39.4. The minimum absolute atomic E-state index is 0.0344. The number of carboxylic acids is 1. The molecule has 308 valence electrons. The van der Waals surface area contributed by atoms with Crippen LogP contribution in [-0.4, -0.2) is 128 Å². The highest BCUT2D eigenvalue weighted by Gasteiger charge is 2.70. The zero-order valence-electron chi connectivity index (χ0n) is 32.9. The quantitative estimate of drug-likeness (QED) is 0.138. The predicted molar refractivity (Wildman–Crippen MR) is 193 cm³/mol. The summed E-state index contributed by atoms with van der Waals surface area (Å²) in [6.07, 6.45) is -2.86. The van der Waals surface area contributed by atoms with Gasteiger partial charge in [-0.2, -0.15) is 0 Å². The molecule has 5 aliphatic carbocycles. The van der Waals surface area contributed by atoms with Crippen LogP contribution >= 0.6 is 0 Å². The van der Waals surface area contributed by atoms with Crippen LogP contribution in [0.2, 0.25) is 0 Å². The fraction of sp³-hybridized carbons (Fsp3) is 0.927. The van der Waals surface area contributed by atoms with Crippen LogP contribution in [0.4, 0.5) is 0 Å². The number of aliphatic hydroxyl groups is 7. The first-order valence-electron chi connectivity index (χ1n) is 20.4. The highest BCUT2D eigenvalue weighted by Crippen LogP contribution is 2.76. The van der Waals surface area contributed by atoms with Crippen LogP contribution in [0.25, 0.3) is 0 Å². The van der Waals surface area contributed by atoms with Crippen molar-refractivity contribution in [2.24, 2.45) is 50.2 Å². The highest BCUT2D eigenvalue weighted by atomic mass is 16.7. The number of rotatable bonds is 7. The summed E-state index contributed by atoms with van der Waals surface area (Å²) in [6, 6.07) is 0. The van der Waals surface area contributed by atoms with E-state index in [-0.39, 0.29) is 46.7 Å². The number of fused-ring (bicyclic) bond motifs is 7. The lowest BCUT2D eigenvalue weighted by Gasteiger charge is -2.71. The number of hydrogen-bond acceptors (Lipinski definition) is 12. The van der Waals surface area contributed by atoms with E-state index in [4.69, 9.17) is 18.9 Å². The normalized spacial score (nSPS) is 54.3. The van der Waals surface area contributed by atoms with Gasteiger partial charge >= 0.3 is 5.97 Å². The summed E-state index contributed by atoms with van der Waals surface area (Å²) in [4.78, 5) is 13.0. The summed E-state index contributed by atoms with van der Waals surface area (Å²) in [5, 5.41) is 84.5. The largest absolute Gasteiger partial charge is 0.481 e. The molecular formula is C41H66O13. The van der Waals surface area contributed by atoms with Crippen LogP contribution < -0.4 is 0 Å². The molecule has 6 fully saturated rings. The third-order valence-corrected chi connectivity index (χ3v) is 17.0. The number of hydrogen-bond donors (Lipinski definition) is 8. The lowest BCUT2D eigenvalue weighted by atomic mass is 9.33. The molecule has 54 heavy (non-hydrogen) atoms. The SMILES string of the molecule is CC1(C)CC[C@]2(C(=O)O)CC[C@]3(C)C(=CCC4[C@@]5(C)CC[C@H](O[C@@H]6OC[C@H](O[C@@H]7O[C@H](CO)[C@@H](O)[C@H](O)[C@H]7O)[C@H](O)[C@H]6O)[C@@](C)(CO)C5CC[C@]43C)C2C1. The van der Waals surface area contributed by atoms with E-state index < -0.39 is 84.8 Å². The van der Waals surface area contributed by atoms with E-state index in [1.807, 2.05) is 0 Å². The van der Waals surface area contributed by atoms with Gasteiger partial charge in [-0.3, -0.25) is 4.79 Å². The Hall–Kier alpha value is -1.23. The summed E-state index contributed by atoms with van der Waals surface area (Å²) in [7, 11) is 0. The molecule has 0 bridgehead atoms. The van der Waals surface area contributed by atoms with E-state index in [1.165, 1.54) is 5.57 Å². The number of aliphatic carboxylic acids is 1. The fourth-order valence-corrected chi connectivity index (χ4v) is 13.4. The summed E-state index contributed by atoms with van der Waals surface area (Å²) in [6.45, 7) is 12.9. The molecule has 0 aromatic rings. The van der Waals surface area contributed by atoms with Crippen molar-refractivity contribution in [2.45, 2.75) is 167 Å². The maximum Gasteiger partial charge on any atom is 0.310 e. The maximum atomic E-state index is 13.0. The van der Waals surface area contributed by atoms with E-state index in [2.05, 4.69) is 47.6 Å². The molecule has 13 heteroatoms. The number of carboxylic acid groups (broad SMARTS) is 1. The van der Waals surface area contributed by atoms with Crippen LogP contribution in [0, 0.1) is 50.2 Å². The Morgan fingerprint density at radius 3 is 2.15 bits per heavy atom. The van der Waals surface area contributed by atoms with E-state index in [9.17, 15) is 45.6 Å². The van der Waals surface area contributed by atoms with Crippen molar-refractivity contribution in [3.63, 3.8) is 0 Å². The molecule has 2 heterocycles. The average molecular weight is 767 g/mol. The second-order valence-corrected chi connectivity index (χ2v) is 20.1.